The molecule has 1 nitrogen and oxygen atoms in total. The summed E-state index contributed by atoms with van der Waals surface area (Å²) in [5.74, 6) is 0. The molecule has 0 saturated heterocycles. The van der Waals surface area contributed by atoms with Crippen molar-refractivity contribution in [1.82, 2.24) is 0 Å². The van der Waals surface area contributed by atoms with Gasteiger partial charge in [-0.25, -0.2) is 0 Å². The lowest BCUT2D eigenvalue weighted by atomic mass is 9.89. The van der Waals surface area contributed by atoms with Crippen LogP contribution in [0.2, 0.25) is 0 Å². The number of hydrogen-bond donors (Lipinski definition) is 1. The summed E-state index contributed by atoms with van der Waals surface area (Å²) < 4.78 is 0. The molecule has 0 aromatic heterocycles. The van der Waals surface area contributed by atoms with E-state index in [9.17, 15) is 5.11 Å². The van der Waals surface area contributed by atoms with Gasteiger partial charge in [0.25, 0.3) is 0 Å². The normalized spacial score (nSPS) is 13.2. The fourth-order valence-corrected chi connectivity index (χ4v) is 2.71. The third kappa shape index (κ3) is 17.6. The van der Waals surface area contributed by atoms with E-state index in [4.69, 9.17) is 0 Å². The van der Waals surface area contributed by atoms with Crippen LogP contribution in [0.25, 0.3) is 0 Å². The van der Waals surface area contributed by atoms with E-state index in [-0.39, 0.29) is 6.10 Å². The monoisotopic (exact) mass is 296 g/mol. The van der Waals surface area contributed by atoms with Gasteiger partial charge in [0.15, 0.2) is 0 Å². The van der Waals surface area contributed by atoms with Gasteiger partial charge in [-0.05, 0) is 32.1 Å². The summed E-state index contributed by atoms with van der Waals surface area (Å²) in [7, 11) is 0. The van der Waals surface area contributed by atoms with E-state index in [0.29, 0.717) is 5.41 Å². The predicted molar refractivity (Wildman–Crippen MR) is 95.7 cm³/mol. The topological polar surface area (TPSA) is 20.2 Å². The summed E-state index contributed by atoms with van der Waals surface area (Å²) in [6, 6.07) is 0. The van der Waals surface area contributed by atoms with E-state index in [1.54, 1.807) is 0 Å². The average molecular weight is 297 g/mol. The molecule has 0 aliphatic carbocycles. The van der Waals surface area contributed by atoms with Crippen LogP contribution in [0.15, 0.2) is 11.6 Å². The highest BCUT2D eigenvalue weighted by Gasteiger charge is 2.08. The van der Waals surface area contributed by atoms with Gasteiger partial charge in [0.2, 0.25) is 0 Å². The first-order valence-electron chi connectivity index (χ1n) is 9.14. The molecular formula is C20H40O. The molecule has 0 saturated carbocycles. The van der Waals surface area contributed by atoms with E-state index < -0.39 is 0 Å². The van der Waals surface area contributed by atoms with Crippen molar-refractivity contribution in [3.63, 3.8) is 0 Å². The molecule has 0 aromatic carbocycles. The zero-order chi connectivity index (χ0) is 16.1. The number of aliphatic hydroxyl groups excluding tert-OH is 1. The Labute approximate surface area is 134 Å². The Balaban J connectivity index is 3.21. The molecule has 1 atom stereocenters. The van der Waals surface area contributed by atoms with Crippen LogP contribution in [-0.2, 0) is 0 Å². The minimum atomic E-state index is -0.224. The smallest absolute Gasteiger partial charge is 0.0723 e. The SMILES string of the molecule is CC(C)=CC(O)CCCCCCCCCCCC(C)(C)C. The van der Waals surface area contributed by atoms with Crippen LogP contribution >= 0.6 is 0 Å². The maximum absolute atomic E-state index is 9.72. The molecule has 0 amide bonds. The van der Waals surface area contributed by atoms with Crippen LogP contribution in [0.1, 0.15) is 105 Å². The largest absolute Gasteiger partial charge is 0.389 e. The quantitative estimate of drug-likeness (QED) is 0.316. The molecule has 21 heavy (non-hydrogen) atoms. The highest BCUT2D eigenvalue weighted by molar-refractivity contribution is 4.97. The molecule has 0 rings (SSSR count). The number of allylic oxidation sites excluding steroid dienone is 1. The number of hydrogen-bond acceptors (Lipinski definition) is 1. The average Bonchev–Trinajstić information content (AvgIpc) is 2.33. The second-order valence-electron chi connectivity index (χ2n) is 8.09. The lowest BCUT2D eigenvalue weighted by molar-refractivity contribution is 0.207. The third-order valence-electron chi connectivity index (χ3n) is 3.95. The fraction of sp³-hybridized carbons (Fsp3) is 0.900. The van der Waals surface area contributed by atoms with Crippen molar-refractivity contribution in [2.45, 2.75) is 111 Å². The molecule has 0 bridgehead atoms. The molecule has 1 unspecified atom stereocenters. The van der Waals surface area contributed by atoms with Gasteiger partial charge in [-0.2, -0.15) is 0 Å². The second-order valence-corrected chi connectivity index (χ2v) is 8.09. The van der Waals surface area contributed by atoms with Crippen LogP contribution < -0.4 is 0 Å². The molecule has 0 spiro atoms. The molecule has 0 aromatic rings. The van der Waals surface area contributed by atoms with Crippen LogP contribution in [0.4, 0.5) is 0 Å². The van der Waals surface area contributed by atoms with Gasteiger partial charge < -0.3 is 5.11 Å². The van der Waals surface area contributed by atoms with Crippen molar-refractivity contribution in [3.05, 3.63) is 11.6 Å². The zero-order valence-corrected chi connectivity index (χ0v) is 15.4. The Kier molecular flexibility index (Phi) is 12.1. The Morgan fingerprint density at radius 1 is 0.810 bits per heavy atom. The maximum atomic E-state index is 9.72. The Hall–Kier alpha value is -0.300. The van der Waals surface area contributed by atoms with Crippen molar-refractivity contribution < 1.29 is 5.11 Å². The first-order chi connectivity index (χ1) is 9.81. The molecule has 0 heterocycles. The van der Waals surface area contributed by atoms with E-state index >= 15 is 0 Å². The molecular weight excluding hydrogens is 256 g/mol. The fourth-order valence-electron chi connectivity index (χ4n) is 2.71. The predicted octanol–water partition coefficient (Wildman–Crippen LogP) is 6.65. The number of rotatable bonds is 12. The summed E-state index contributed by atoms with van der Waals surface area (Å²) in [5.41, 5.74) is 1.73. The van der Waals surface area contributed by atoms with Gasteiger partial charge in [-0.1, -0.05) is 90.2 Å². The summed E-state index contributed by atoms with van der Waals surface area (Å²) in [5, 5.41) is 9.72. The maximum Gasteiger partial charge on any atom is 0.0723 e. The van der Waals surface area contributed by atoms with Crippen molar-refractivity contribution in [2.75, 3.05) is 0 Å². The molecule has 0 aliphatic rings. The van der Waals surface area contributed by atoms with Crippen molar-refractivity contribution in [2.24, 2.45) is 5.41 Å². The summed E-state index contributed by atoms with van der Waals surface area (Å²) in [6.45, 7) is 11.1. The van der Waals surface area contributed by atoms with Crippen LogP contribution in [0.3, 0.4) is 0 Å². The van der Waals surface area contributed by atoms with Crippen LogP contribution in [-0.4, -0.2) is 11.2 Å². The van der Waals surface area contributed by atoms with Crippen LogP contribution in [0.5, 0.6) is 0 Å². The van der Waals surface area contributed by atoms with E-state index in [2.05, 4.69) is 20.8 Å². The van der Waals surface area contributed by atoms with Gasteiger partial charge in [-0.3, -0.25) is 0 Å². The van der Waals surface area contributed by atoms with Gasteiger partial charge >= 0.3 is 0 Å². The highest BCUT2D eigenvalue weighted by Crippen LogP contribution is 2.22. The lowest BCUT2D eigenvalue weighted by Crippen LogP contribution is -2.03. The van der Waals surface area contributed by atoms with Crippen molar-refractivity contribution in [1.29, 1.82) is 0 Å². The second kappa shape index (κ2) is 12.3. The molecule has 0 fully saturated rings. The minimum absolute atomic E-state index is 0.224. The Morgan fingerprint density at radius 2 is 1.24 bits per heavy atom. The van der Waals surface area contributed by atoms with E-state index in [0.717, 1.165) is 12.8 Å². The Morgan fingerprint density at radius 3 is 1.67 bits per heavy atom. The van der Waals surface area contributed by atoms with E-state index in [1.165, 1.54) is 63.4 Å². The molecule has 1 N–H and O–H groups in total. The highest BCUT2D eigenvalue weighted by atomic mass is 16.3. The van der Waals surface area contributed by atoms with Gasteiger partial charge in [0.1, 0.15) is 0 Å². The third-order valence-corrected chi connectivity index (χ3v) is 3.95. The Bertz CT molecular complexity index is 256. The van der Waals surface area contributed by atoms with Crippen molar-refractivity contribution in [3.8, 4) is 0 Å². The van der Waals surface area contributed by atoms with Crippen LogP contribution in [0, 0.1) is 5.41 Å². The molecule has 0 radical (unpaired) electrons. The summed E-state index contributed by atoms with van der Waals surface area (Å²) >= 11 is 0. The lowest BCUT2D eigenvalue weighted by Gasteiger charge is -2.17. The number of aliphatic hydroxyl groups is 1. The van der Waals surface area contributed by atoms with Gasteiger partial charge in [-0.15, -0.1) is 0 Å². The first-order valence-corrected chi connectivity index (χ1v) is 9.14. The summed E-state index contributed by atoms with van der Waals surface area (Å²) in [6.07, 6.45) is 16.2. The molecule has 0 aliphatic heterocycles. The zero-order valence-electron chi connectivity index (χ0n) is 15.4. The molecule has 126 valence electrons. The number of unbranched alkanes of at least 4 members (excludes halogenated alkanes) is 8. The van der Waals surface area contributed by atoms with Crippen molar-refractivity contribution >= 4 is 0 Å². The minimum Gasteiger partial charge on any atom is -0.389 e. The van der Waals surface area contributed by atoms with Gasteiger partial charge in [0, 0.05) is 0 Å². The summed E-state index contributed by atoms with van der Waals surface area (Å²) in [4.78, 5) is 0. The molecule has 1 heteroatoms. The van der Waals surface area contributed by atoms with E-state index in [1.807, 2.05) is 19.9 Å². The first kappa shape index (κ1) is 20.7. The standard InChI is InChI=1S/C20H40O/c1-18(2)17-19(21)15-13-11-9-7-6-8-10-12-14-16-20(3,4)5/h17,19,21H,6-16H2,1-5H3. The van der Waals surface area contributed by atoms with Gasteiger partial charge in [0.05, 0.1) is 6.10 Å².